The van der Waals surface area contributed by atoms with Crippen LogP contribution in [0.1, 0.15) is 19.3 Å². The molecule has 0 unspecified atom stereocenters. The maximum atomic E-state index is 12.5. The number of fused-ring (bicyclic) bond motifs is 1. The number of nitrogens with zero attached hydrogens (tertiary/aromatic N) is 5. The Hall–Kier alpha value is -1.99. The number of piperazine rings is 1. The maximum absolute atomic E-state index is 12.5. The summed E-state index contributed by atoms with van der Waals surface area (Å²) in [5.74, 6) is 1.27. The number of carbonyl (C=O) groups excluding carboxylic acids is 1. The van der Waals surface area contributed by atoms with E-state index in [0.29, 0.717) is 13.0 Å². The van der Waals surface area contributed by atoms with Gasteiger partial charge in [-0.1, -0.05) is 6.08 Å². The van der Waals surface area contributed by atoms with Crippen LogP contribution >= 0.6 is 11.3 Å². The Labute approximate surface area is 158 Å². The Kier molecular flexibility index (Phi) is 4.67. The third-order valence-corrected chi connectivity index (χ3v) is 6.71. The number of likely N-dealkylation sites (N-methyl/N-ethyl adjacent to an activating group) is 1. The molecular weight excluding hydrogens is 346 g/mol. The molecule has 0 radical (unpaired) electrons. The van der Waals surface area contributed by atoms with E-state index >= 15 is 0 Å². The van der Waals surface area contributed by atoms with Crippen molar-refractivity contribution in [3.05, 3.63) is 30.4 Å². The third-order valence-electron chi connectivity index (χ3n) is 5.89. The Morgan fingerprint density at radius 2 is 2.19 bits per heavy atom. The molecule has 2 aromatic rings. The minimum atomic E-state index is 0.0110. The monoisotopic (exact) mass is 371 g/mol. The molecule has 7 heteroatoms. The summed E-state index contributed by atoms with van der Waals surface area (Å²) < 4.78 is 0. The summed E-state index contributed by atoms with van der Waals surface area (Å²) in [6.07, 6.45) is 5.97. The predicted molar refractivity (Wildman–Crippen MR) is 106 cm³/mol. The number of anilines is 1. The van der Waals surface area contributed by atoms with Crippen molar-refractivity contribution in [1.82, 2.24) is 19.8 Å². The van der Waals surface area contributed by atoms with Gasteiger partial charge in [0.1, 0.15) is 17.0 Å². The average Bonchev–Trinajstić information content (AvgIpc) is 3.08. The van der Waals surface area contributed by atoms with Crippen LogP contribution in [-0.2, 0) is 4.79 Å². The lowest BCUT2D eigenvalue weighted by Gasteiger charge is -2.49. The van der Waals surface area contributed by atoms with E-state index in [9.17, 15) is 4.79 Å². The van der Waals surface area contributed by atoms with Crippen LogP contribution in [0.3, 0.4) is 0 Å². The highest BCUT2D eigenvalue weighted by atomic mass is 32.1. The van der Waals surface area contributed by atoms with Crippen molar-refractivity contribution in [1.29, 1.82) is 0 Å². The van der Waals surface area contributed by atoms with Gasteiger partial charge in [-0.2, -0.15) is 0 Å². The van der Waals surface area contributed by atoms with Gasteiger partial charge >= 0.3 is 0 Å². The number of thiophene rings is 1. The lowest BCUT2D eigenvalue weighted by Crippen LogP contribution is -2.61. The summed E-state index contributed by atoms with van der Waals surface area (Å²) in [7, 11) is 2.20. The fourth-order valence-electron chi connectivity index (χ4n) is 4.25. The van der Waals surface area contributed by atoms with Gasteiger partial charge in [0, 0.05) is 44.7 Å². The van der Waals surface area contributed by atoms with Crippen molar-refractivity contribution in [2.24, 2.45) is 0 Å². The zero-order valence-corrected chi connectivity index (χ0v) is 16.0. The van der Waals surface area contributed by atoms with Crippen LogP contribution in [0.4, 0.5) is 5.82 Å². The van der Waals surface area contributed by atoms with Crippen molar-refractivity contribution < 1.29 is 4.79 Å². The molecule has 0 N–H and O–H groups in total. The van der Waals surface area contributed by atoms with E-state index in [1.807, 2.05) is 11.0 Å². The molecule has 0 aromatic carbocycles. The van der Waals surface area contributed by atoms with E-state index in [1.165, 1.54) is 0 Å². The summed E-state index contributed by atoms with van der Waals surface area (Å²) in [6.45, 7) is 8.05. The van der Waals surface area contributed by atoms with Gasteiger partial charge in [0.25, 0.3) is 0 Å². The van der Waals surface area contributed by atoms with E-state index in [0.717, 1.165) is 55.1 Å². The fraction of sp³-hybridized carbons (Fsp3) is 0.526. The summed E-state index contributed by atoms with van der Waals surface area (Å²) in [5.41, 5.74) is 0.0110. The number of hydrogen-bond donors (Lipinski definition) is 0. The van der Waals surface area contributed by atoms with Crippen molar-refractivity contribution in [2.45, 2.75) is 24.8 Å². The summed E-state index contributed by atoms with van der Waals surface area (Å²) in [6, 6.07) is 2.11. The second-order valence-electron chi connectivity index (χ2n) is 7.28. The normalized spacial score (nSPS) is 25.0. The Balaban J connectivity index is 1.61. The van der Waals surface area contributed by atoms with Gasteiger partial charge in [0.05, 0.1) is 5.39 Å². The molecule has 1 spiro atoms. The Morgan fingerprint density at radius 1 is 1.31 bits per heavy atom. The zero-order chi connectivity index (χ0) is 18.1. The predicted octanol–water partition coefficient (Wildman–Crippen LogP) is 2.38. The molecule has 2 saturated heterocycles. The van der Waals surface area contributed by atoms with Crippen LogP contribution in [0, 0.1) is 0 Å². The summed E-state index contributed by atoms with van der Waals surface area (Å²) in [5, 5.41) is 3.21. The summed E-state index contributed by atoms with van der Waals surface area (Å²) >= 11 is 1.65. The average molecular weight is 372 g/mol. The van der Waals surface area contributed by atoms with Crippen LogP contribution < -0.4 is 4.90 Å². The Bertz CT molecular complexity index is 821. The molecule has 6 nitrogen and oxygen atoms in total. The molecular formula is C19H25N5OS. The van der Waals surface area contributed by atoms with Crippen LogP contribution in [0.25, 0.3) is 10.2 Å². The van der Waals surface area contributed by atoms with Gasteiger partial charge in [0.2, 0.25) is 5.91 Å². The second-order valence-corrected chi connectivity index (χ2v) is 8.18. The van der Waals surface area contributed by atoms with E-state index in [2.05, 4.69) is 44.8 Å². The highest BCUT2D eigenvalue weighted by Crippen LogP contribution is 2.35. The van der Waals surface area contributed by atoms with E-state index in [4.69, 9.17) is 0 Å². The summed E-state index contributed by atoms with van der Waals surface area (Å²) in [4.78, 5) is 29.3. The standard InChI is InChI=1S/C19H25N5OS/c1-3-8-23-9-7-19(6-4-16(23)25)13-24(11-10-22(19)2)17-15-5-12-26-18(15)21-14-20-17/h3,5,12,14H,1,4,6-11,13H2,2H3/t19-/m0/s1. The molecule has 1 atom stereocenters. The lowest BCUT2D eigenvalue weighted by molar-refractivity contribution is -0.130. The third kappa shape index (κ3) is 2.99. The molecule has 138 valence electrons. The number of carbonyl (C=O) groups is 1. The topological polar surface area (TPSA) is 52.6 Å². The van der Waals surface area contributed by atoms with Gasteiger partial charge in [-0.05, 0) is 31.3 Å². The largest absolute Gasteiger partial charge is 0.353 e. The molecule has 2 fully saturated rings. The van der Waals surface area contributed by atoms with Gasteiger partial charge in [0.15, 0.2) is 0 Å². The number of hydrogen-bond acceptors (Lipinski definition) is 6. The molecule has 26 heavy (non-hydrogen) atoms. The molecule has 4 heterocycles. The number of likely N-dealkylation sites (tertiary alicyclic amines) is 1. The number of rotatable bonds is 3. The molecule has 0 saturated carbocycles. The minimum absolute atomic E-state index is 0.0110. The maximum Gasteiger partial charge on any atom is 0.222 e. The van der Waals surface area contributed by atoms with Gasteiger partial charge in [-0.15, -0.1) is 17.9 Å². The minimum Gasteiger partial charge on any atom is -0.353 e. The molecule has 0 bridgehead atoms. The SMILES string of the molecule is C=CCN1CC[C@@]2(CCC1=O)CN(c1ncnc3sccc13)CCN2C. The smallest absolute Gasteiger partial charge is 0.222 e. The van der Waals surface area contributed by atoms with E-state index in [1.54, 1.807) is 17.7 Å². The molecule has 2 aliphatic heterocycles. The van der Waals surface area contributed by atoms with E-state index in [-0.39, 0.29) is 11.4 Å². The van der Waals surface area contributed by atoms with E-state index < -0.39 is 0 Å². The molecule has 1 amide bonds. The van der Waals surface area contributed by atoms with Crippen LogP contribution in [0.5, 0.6) is 0 Å². The fourth-order valence-corrected chi connectivity index (χ4v) is 4.98. The first-order chi connectivity index (χ1) is 12.6. The molecule has 4 rings (SSSR count). The first-order valence-corrected chi connectivity index (χ1v) is 10.0. The van der Waals surface area contributed by atoms with Gasteiger partial charge in [-0.3, -0.25) is 9.69 Å². The number of amides is 1. The quantitative estimate of drug-likeness (QED) is 0.776. The first kappa shape index (κ1) is 17.4. The van der Waals surface area contributed by atoms with Crippen molar-refractivity contribution >= 4 is 33.3 Å². The lowest BCUT2D eigenvalue weighted by atomic mass is 9.86. The first-order valence-electron chi connectivity index (χ1n) is 9.16. The van der Waals surface area contributed by atoms with Crippen molar-refractivity contribution in [3.63, 3.8) is 0 Å². The molecule has 0 aliphatic carbocycles. The van der Waals surface area contributed by atoms with Gasteiger partial charge < -0.3 is 9.80 Å². The van der Waals surface area contributed by atoms with Crippen LogP contribution in [-0.4, -0.2) is 71.0 Å². The highest BCUT2D eigenvalue weighted by molar-refractivity contribution is 7.16. The molecule has 2 aliphatic rings. The number of aromatic nitrogens is 2. The Morgan fingerprint density at radius 3 is 3.04 bits per heavy atom. The van der Waals surface area contributed by atoms with Crippen molar-refractivity contribution in [3.8, 4) is 0 Å². The highest BCUT2D eigenvalue weighted by Gasteiger charge is 2.42. The molecule has 2 aromatic heterocycles. The van der Waals surface area contributed by atoms with Crippen LogP contribution in [0.2, 0.25) is 0 Å². The van der Waals surface area contributed by atoms with Gasteiger partial charge in [-0.25, -0.2) is 9.97 Å². The van der Waals surface area contributed by atoms with Crippen molar-refractivity contribution in [2.75, 3.05) is 44.7 Å². The second kappa shape index (κ2) is 6.96. The zero-order valence-electron chi connectivity index (χ0n) is 15.2. The van der Waals surface area contributed by atoms with Crippen LogP contribution in [0.15, 0.2) is 30.4 Å².